The van der Waals surface area contributed by atoms with Crippen molar-refractivity contribution in [2.75, 3.05) is 19.0 Å². The van der Waals surface area contributed by atoms with E-state index in [2.05, 4.69) is 41.8 Å². The number of nitrogens with one attached hydrogen (secondary N) is 2. The molecule has 1 aliphatic rings. The van der Waals surface area contributed by atoms with Crippen LogP contribution in [0.4, 0.5) is 5.82 Å². The molecule has 0 aliphatic carbocycles. The molecule has 0 spiro atoms. The fourth-order valence-corrected chi connectivity index (χ4v) is 4.57. The van der Waals surface area contributed by atoms with E-state index in [9.17, 15) is 9.59 Å². The van der Waals surface area contributed by atoms with Crippen molar-refractivity contribution in [2.24, 2.45) is 0 Å². The Morgan fingerprint density at radius 3 is 2.60 bits per heavy atom. The van der Waals surface area contributed by atoms with Gasteiger partial charge in [0.15, 0.2) is 0 Å². The number of carbonyl (C=O) groups excluding carboxylic acids is 2. The quantitative estimate of drug-likeness (QED) is 0.436. The first-order valence-corrected chi connectivity index (χ1v) is 12.3. The SMILES string of the molecule is COC(=O)[C@H](Cc1ccc(C(C)Cc2ccc3c(n2)NCCC3)cc1)NC(=O)c1ccccc1Cl. The maximum absolute atomic E-state index is 12.7. The Hall–Kier alpha value is -3.38. The molecule has 2 atom stereocenters. The minimum absolute atomic E-state index is 0.287. The van der Waals surface area contributed by atoms with Gasteiger partial charge >= 0.3 is 5.97 Å². The van der Waals surface area contributed by atoms with Crippen LogP contribution in [0.1, 0.15) is 52.0 Å². The molecule has 2 aromatic carbocycles. The van der Waals surface area contributed by atoms with Crippen LogP contribution in [-0.4, -0.2) is 36.6 Å². The van der Waals surface area contributed by atoms with Gasteiger partial charge in [-0.2, -0.15) is 0 Å². The van der Waals surface area contributed by atoms with E-state index in [4.69, 9.17) is 21.3 Å². The molecule has 0 saturated carbocycles. The Kier molecular flexibility index (Phi) is 8.03. The van der Waals surface area contributed by atoms with Crippen molar-refractivity contribution < 1.29 is 14.3 Å². The minimum Gasteiger partial charge on any atom is -0.467 e. The minimum atomic E-state index is -0.820. The van der Waals surface area contributed by atoms with E-state index < -0.39 is 17.9 Å². The predicted molar refractivity (Wildman–Crippen MR) is 138 cm³/mol. The van der Waals surface area contributed by atoms with Gasteiger partial charge in [-0.3, -0.25) is 4.79 Å². The summed E-state index contributed by atoms with van der Waals surface area (Å²) < 4.78 is 4.92. The molecule has 2 N–H and O–H groups in total. The molecule has 0 fully saturated rings. The predicted octanol–water partition coefficient (Wildman–Crippen LogP) is 4.95. The molecule has 0 radical (unpaired) electrons. The smallest absolute Gasteiger partial charge is 0.328 e. The largest absolute Gasteiger partial charge is 0.467 e. The average molecular weight is 492 g/mol. The molecule has 1 aliphatic heterocycles. The lowest BCUT2D eigenvalue weighted by atomic mass is 9.93. The zero-order valence-electron chi connectivity index (χ0n) is 20.0. The zero-order valence-corrected chi connectivity index (χ0v) is 20.8. The van der Waals surface area contributed by atoms with Crippen LogP contribution in [-0.2, 0) is 28.8 Å². The van der Waals surface area contributed by atoms with E-state index in [1.165, 1.54) is 18.2 Å². The van der Waals surface area contributed by atoms with Crippen LogP contribution in [0.5, 0.6) is 0 Å². The number of amides is 1. The number of halogens is 1. The third-order valence-corrected chi connectivity index (χ3v) is 6.69. The number of nitrogens with zero attached hydrogens (tertiary/aromatic N) is 1. The summed E-state index contributed by atoms with van der Waals surface area (Å²) in [7, 11) is 1.31. The van der Waals surface area contributed by atoms with Gasteiger partial charge < -0.3 is 15.4 Å². The molecule has 35 heavy (non-hydrogen) atoms. The molecule has 182 valence electrons. The number of methoxy groups -OCH3 is 1. The molecule has 1 amide bonds. The average Bonchev–Trinajstić information content (AvgIpc) is 2.88. The topological polar surface area (TPSA) is 80.3 Å². The highest BCUT2D eigenvalue weighted by Gasteiger charge is 2.23. The second-order valence-electron chi connectivity index (χ2n) is 8.92. The summed E-state index contributed by atoms with van der Waals surface area (Å²) in [4.78, 5) is 29.9. The zero-order chi connectivity index (χ0) is 24.8. The molecule has 7 heteroatoms. The molecular weight excluding hydrogens is 462 g/mol. The second kappa shape index (κ2) is 11.4. The Bertz CT molecular complexity index is 1200. The van der Waals surface area contributed by atoms with Crippen LogP contribution in [0.3, 0.4) is 0 Å². The maximum atomic E-state index is 12.7. The molecule has 6 nitrogen and oxygen atoms in total. The summed E-state index contributed by atoms with van der Waals surface area (Å²) >= 11 is 6.13. The number of ether oxygens (including phenoxy) is 1. The number of hydrogen-bond acceptors (Lipinski definition) is 5. The van der Waals surface area contributed by atoms with Crippen LogP contribution >= 0.6 is 11.6 Å². The van der Waals surface area contributed by atoms with Crippen LogP contribution in [0, 0.1) is 0 Å². The highest BCUT2D eigenvalue weighted by Crippen LogP contribution is 2.24. The Morgan fingerprint density at radius 1 is 1.09 bits per heavy atom. The molecule has 1 aromatic heterocycles. The molecule has 2 heterocycles. The molecular formula is C28H30ClN3O3. The number of benzene rings is 2. The summed E-state index contributed by atoms with van der Waals surface area (Å²) in [5.41, 5.74) is 4.79. The van der Waals surface area contributed by atoms with E-state index in [0.29, 0.717) is 17.0 Å². The lowest BCUT2D eigenvalue weighted by Crippen LogP contribution is -2.43. The van der Waals surface area contributed by atoms with Gasteiger partial charge in [0.05, 0.1) is 17.7 Å². The van der Waals surface area contributed by atoms with E-state index >= 15 is 0 Å². The van der Waals surface area contributed by atoms with Gasteiger partial charge in [-0.25, -0.2) is 9.78 Å². The van der Waals surface area contributed by atoms with Gasteiger partial charge in [-0.15, -0.1) is 0 Å². The lowest BCUT2D eigenvalue weighted by Gasteiger charge is -2.19. The Balaban J connectivity index is 1.41. The highest BCUT2D eigenvalue weighted by atomic mass is 35.5. The number of esters is 1. The summed E-state index contributed by atoms with van der Waals surface area (Å²) in [5.74, 6) is 0.386. The molecule has 0 bridgehead atoms. The first-order valence-electron chi connectivity index (χ1n) is 11.9. The summed E-state index contributed by atoms with van der Waals surface area (Å²) in [6.45, 7) is 3.16. The van der Waals surface area contributed by atoms with Crippen LogP contribution in [0.2, 0.25) is 5.02 Å². The van der Waals surface area contributed by atoms with E-state index in [1.807, 2.05) is 12.1 Å². The van der Waals surface area contributed by atoms with Gasteiger partial charge in [0.2, 0.25) is 0 Å². The van der Waals surface area contributed by atoms with E-state index in [1.54, 1.807) is 24.3 Å². The van der Waals surface area contributed by atoms with Crippen LogP contribution < -0.4 is 10.6 Å². The van der Waals surface area contributed by atoms with Crippen molar-refractivity contribution in [2.45, 2.75) is 44.6 Å². The van der Waals surface area contributed by atoms with Crippen molar-refractivity contribution in [3.05, 3.63) is 93.6 Å². The van der Waals surface area contributed by atoms with Crippen molar-refractivity contribution in [3.8, 4) is 0 Å². The van der Waals surface area contributed by atoms with Gasteiger partial charge in [-0.05, 0) is 60.1 Å². The summed E-state index contributed by atoms with van der Waals surface area (Å²) in [6.07, 6.45) is 3.39. The number of aryl methyl sites for hydroxylation is 1. The standard InChI is InChI=1S/C28H30ClN3O3/c1-18(16-22-14-13-21-6-5-15-30-26(21)31-22)20-11-9-19(10-12-20)17-25(28(34)35-2)32-27(33)23-7-3-4-8-24(23)29/h3-4,7-14,18,25H,5-6,15-17H2,1-2H3,(H,30,31)(H,32,33)/t18?,25-/m0/s1. The number of aromatic nitrogens is 1. The number of fused-ring (bicyclic) bond motifs is 1. The van der Waals surface area contributed by atoms with E-state index in [-0.39, 0.29) is 5.92 Å². The van der Waals surface area contributed by atoms with Crippen molar-refractivity contribution >= 4 is 29.3 Å². The number of hydrogen-bond donors (Lipinski definition) is 2. The van der Waals surface area contributed by atoms with Crippen molar-refractivity contribution in [1.29, 1.82) is 0 Å². The van der Waals surface area contributed by atoms with Gasteiger partial charge in [0.25, 0.3) is 5.91 Å². The molecule has 0 saturated heterocycles. The fraction of sp³-hybridized carbons (Fsp3) is 0.321. The number of rotatable bonds is 8. The van der Waals surface area contributed by atoms with Crippen molar-refractivity contribution in [1.82, 2.24) is 10.3 Å². The van der Waals surface area contributed by atoms with Crippen LogP contribution in [0.25, 0.3) is 0 Å². The monoisotopic (exact) mass is 491 g/mol. The molecule has 1 unspecified atom stereocenters. The first-order chi connectivity index (χ1) is 16.9. The number of anilines is 1. The third kappa shape index (κ3) is 6.20. The van der Waals surface area contributed by atoms with Gasteiger partial charge in [0, 0.05) is 18.7 Å². The fourth-order valence-electron chi connectivity index (χ4n) is 4.35. The lowest BCUT2D eigenvalue weighted by molar-refractivity contribution is -0.142. The number of carbonyl (C=O) groups is 2. The molecule has 4 rings (SSSR count). The summed E-state index contributed by atoms with van der Waals surface area (Å²) in [5, 5.41) is 6.48. The maximum Gasteiger partial charge on any atom is 0.328 e. The number of pyridine rings is 1. The van der Waals surface area contributed by atoms with Gasteiger partial charge in [0.1, 0.15) is 11.9 Å². The second-order valence-corrected chi connectivity index (χ2v) is 9.33. The normalized spacial score (nSPS) is 14.3. The van der Waals surface area contributed by atoms with Crippen molar-refractivity contribution in [3.63, 3.8) is 0 Å². The third-order valence-electron chi connectivity index (χ3n) is 6.37. The van der Waals surface area contributed by atoms with Crippen LogP contribution in [0.15, 0.2) is 60.7 Å². The Morgan fingerprint density at radius 2 is 1.86 bits per heavy atom. The first kappa shape index (κ1) is 24.7. The van der Waals surface area contributed by atoms with E-state index in [0.717, 1.165) is 42.9 Å². The highest BCUT2D eigenvalue weighted by molar-refractivity contribution is 6.33. The molecule has 3 aromatic rings. The summed E-state index contributed by atoms with van der Waals surface area (Å²) in [6, 6.07) is 18.3. The Labute approximate surface area is 211 Å². The van der Waals surface area contributed by atoms with Gasteiger partial charge in [-0.1, -0.05) is 61.0 Å².